The van der Waals surface area contributed by atoms with Gasteiger partial charge in [0.25, 0.3) is 0 Å². The monoisotopic (exact) mass is 372 g/mol. The Morgan fingerprint density at radius 2 is 1.68 bits per heavy atom. The molecule has 116 valence electrons. The summed E-state index contributed by atoms with van der Waals surface area (Å²) in [4.78, 5) is 11.8. The Kier molecular flexibility index (Phi) is 4.75. The fourth-order valence-corrected chi connectivity index (χ4v) is 2.27. The maximum Gasteiger partial charge on any atom is 0.416 e. The molecule has 0 bridgehead atoms. The van der Waals surface area contributed by atoms with E-state index in [4.69, 9.17) is 0 Å². The molecule has 2 amide bonds. The van der Waals surface area contributed by atoms with Crippen LogP contribution in [0.2, 0.25) is 0 Å². The molecule has 22 heavy (non-hydrogen) atoms. The van der Waals surface area contributed by atoms with Crippen LogP contribution in [-0.4, -0.2) is 6.03 Å². The molecule has 0 aromatic heterocycles. The molecule has 2 N–H and O–H groups in total. The molecule has 0 saturated carbocycles. The van der Waals surface area contributed by atoms with Gasteiger partial charge in [-0.25, -0.2) is 4.79 Å². The Morgan fingerprint density at radius 3 is 2.23 bits per heavy atom. The van der Waals surface area contributed by atoms with Gasteiger partial charge in [-0.1, -0.05) is 15.9 Å². The molecule has 0 saturated heterocycles. The maximum absolute atomic E-state index is 12.4. The van der Waals surface area contributed by atoms with Crippen LogP contribution in [0.25, 0.3) is 0 Å². The molecule has 0 spiro atoms. The lowest BCUT2D eigenvalue weighted by atomic mass is 10.2. The highest BCUT2D eigenvalue weighted by molar-refractivity contribution is 9.10. The van der Waals surface area contributed by atoms with Crippen LogP contribution in [0, 0.1) is 6.92 Å². The molecule has 0 fully saturated rings. The van der Waals surface area contributed by atoms with E-state index in [9.17, 15) is 18.0 Å². The number of hydrogen-bond acceptors (Lipinski definition) is 1. The van der Waals surface area contributed by atoms with Crippen molar-refractivity contribution in [3.05, 3.63) is 58.1 Å². The van der Waals surface area contributed by atoms with Crippen molar-refractivity contribution in [1.82, 2.24) is 0 Å². The molecule has 0 aliphatic rings. The highest BCUT2D eigenvalue weighted by Gasteiger charge is 2.29. The predicted octanol–water partition coefficient (Wildman–Crippen LogP) is 5.42. The molecule has 0 unspecified atom stereocenters. The molecular formula is C15H12BrF3N2O. The van der Waals surface area contributed by atoms with Gasteiger partial charge in [-0.2, -0.15) is 13.2 Å². The Labute approximate surface area is 133 Å². The molecule has 2 rings (SSSR count). The average molecular weight is 373 g/mol. The van der Waals surface area contributed by atoms with Gasteiger partial charge in [0, 0.05) is 15.8 Å². The number of amides is 2. The van der Waals surface area contributed by atoms with Gasteiger partial charge in [-0.3, -0.25) is 0 Å². The van der Waals surface area contributed by atoms with Gasteiger partial charge in [0.1, 0.15) is 0 Å². The second kappa shape index (κ2) is 6.39. The first-order chi connectivity index (χ1) is 10.3. The lowest BCUT2D eigenvalue weighted by Crippen LogP contribution is -2.20. The average Bonchev–Trinajstić information content (AvgIpc) is 2.41. The van der Waals surface area contributed by atoms with E-state index in [1.165, 1.54) is 12.1 Å². The number of rotatable bonds is 2. The summed E-state index contributed by atoms with van der Waals surface area (Å²) < 4.78 is 38.2. The zero-order chi connectivity index (χ0) is 16.3. The van der Waals surface area contributed by atoms with Crippen LogP contribution in [0.1, 0.15) is 11.1 Å². The van der Waals surface area contributed by atoms with Gasteiger partial charge in [-0.05, 0) is 55.0 Å². The zero-order valence-electron chi connectivity index (χ0n) is 11.5. The third-order valence-corrected chi connectivity index (χ3v) is 3.40. The summed E-state index contributed by atoms with van der Waals surface area (Å²) in [5.41, 5.74) is 0.993. The summed E-state index contributed by atoms with van der Waals surface area (Å²) in [5, 5.41) is 5.12. The highest BCUT2D eigenvalue weighted by Crippen LogP contribution is 2.29. The number of halogens is 4. The molecule has 0 aliphatic carbocycles. The van der Waals surface area contributed by atoms with Crippen LogP contribution in [0.15, 0.2) is 46.9 Å². The lowest BCUT2D eigenvalue weighted by molar-refractivity contribution is -0.137. The number of carbonyl (C=O) groups is 1. The third-order valence-electron chi connectivity index (χ3n) is 2.91. The maximum atomic E-state index is 12.4. The Bertz CT molecular complexity index is 684. The van der Waals surface area contributed by atoms with Gasteiger partial charge >= 0.3 is 12.2 Å². The zero-order valence-corrected chi connectivity index (χ0v) is 13.0. The number of hydrogen-bond donors (Lipinski definition) is 2. The van der Waals surface area contributed by atoms with Gasteiger partial charge in [0.15, 0.2) is 0 Å². The molecular weight excluding hydrogens is 361 g/mol. The predicted molar refractivity (Wildman–Crippen MR) is 83.0 cm³/mol. The minimum Gasteiger partial charge on any atom is -0.308 e. The Morgan fingerprint density at radius 1 is 1.05 bits per heavy atom. The summed E-state index contributed by atoms with van der Waals surface area (Å²) in [6.45, 7) is 1.83. The molecule has 2 aromatic rings. The molecule has 3 nitrogen and oxygen atoms in total. The Hall–Kier alpha value is -2.02. The number of anilines is 2. The van der Waals surface area contributed by atoms with Crippen LogP contribution >= 0.6 is 15.9 Å². The fourth-order valence-electron chi connectivity index (χ4n) is 1.79. The van der Waals surface area contributed by atoms with E-state index in [0.29, 0.717) is 5.69 Å². The minimum atomic E-state index is -4.39. The summed E-state index contributed by atoms with van der Waals surface area (Å²) in [6, 6.07) is 9.07. The van der Waals surface area contributed by atoms with E-state index in [0.717, 1.165) is 22.2 Å². The number of carbonyl (C=O) groups excluding carboxylic acids is 1. The van der Waals surface area contributed by atoms with Crippen molar-refractivity contribution >= 4 is 33.3 Å². The molecule has 0 heterocycles. The smallest absolute Gasteiger partial charge is 0.308 e. The largest absolute Gasteiger partial charge is 0.416 e. The topological polar surface area (TPSA) is 41.1 Å². The van der Waals surface area contributed by atoms with Crippen LogP contribution in [-0.2, 0) is 6.18 Å². The first kappa shape index (κ1) is 16.4. The second-order valence-corrected chi connectivity index (χ2v) is 5.53. The molecule has 0 aliphatic heterocycles. The number of nitrogens with one attached hydrogen (secondary N) is 2. The molecule has 7 heteroatoms. The number of aryl methyl sites for hydroxylation is 1. The van der Waals surface area contributed by atoms with Crippen molar-refractivity contribution in [3.8, 4) is 0 Å². The third kappa shape index (κ3) is 4.24. The van der Waals surface area contributed by atoms with Gasteiger partial charge in [0.2, 0.25) is 0 Å². The van der Waals surface area contributed by atoms with Crippen molar-refractivity contribution in [2.75, 3.05) is 10.6 Å². The summed E-state index contributed by atoms with van der Waals surface area (Å²) in [7, 11) is 0. The van der Waals surface area contributed by atoms with Gasteiger partial charge in [-0.15, -0.1) is 0 Å². The van der Waals surface area contributed by atoms with Crippen molar-refractivity contribution < 1.29 is 18.0 Å². The van der Waals surface area contributed by atoms with E-state index in [-0.39, 0.29) is 5.69 Å². The van der Waals surface area contributed by atoms with E-state index < -0.39 is 17.8 Å². The van der Waals surface area contributed by atoms with E-state index in [1.807, 2.05) is 13.0 Å². The second-order valence-electron chi connectivity index (χ2n) is 4.61. The van der Waals surface area contributed by atoms with Crippen LogP contribution in [0.3, 0.4) is 0 Å². The van der Waals surface area contributed by atoms with Crippen molar-refractivity contribution in [2.24, 2.45) is 0 Å². The van der Waals surface area contributed by atoms with Crippen molar-refractivity contribution in [2.45, 2.75) is 13.1 Å². The summed E-state index contributed by atoms with van der Waals surface area (Å²) >= 11 is 3.32. The van der Waals surface area contributed by atoms with Crippen LogP contribution in [0.4, 0.5) is 29.3 Å². The van der Waals surface area contributed by atoms with Crippen molar-refractivity contribution in [1.29, 1.82) is 0 Å². The lowest BCUT2D eigenvalue weighted by Gasteiger charge is -2.11. The highest BCUT2D eigenvalue weighted by atomic mass is 79.9. The number of alkyl halides is 3. The normalized spacial score (nSPS) is 11.1. The summed E-state index contributed by atoms with van der Waals surface area (Å²) in [5.74, 6) is 0. The van der Waals surface area contributed by atoms with Gasteiger partial charge < -0.3 is 10.6 Å². The standard InChI is InChI=1S/C15H12BrF3N2O/c1-9-8-11(16)4-7-13(9)21-14(22)20-12-5-2-10(3-6-12)15(17,18)19/h2-8H,1H3,(H2,20,21,22). The van der Waals surface area contributed by atoms with Crippen LogP contribution < -0.4 is 10.6 Å². The van der Waals surface area contributed by atoms with Crippen molar-refractivity contribution in [3.63, 3.8) is 0 Å². The van der Waals surface area contributed by atoms with E-state index in [2.05, 4.69) is 26.6 Å². The van der Waals surface area contributed by atoms with E-state index >= 15 is 0 Å². The first-order valence-electron chi connectivity index (χ1n) is 6.27. The molecule has 2 aromatic carbocycles. The molecule has 0 atom stereocenters. The summed E-state index contributed by atoms with van der Waals surface area (Å²) in [6.07, 6.45) is -4.39. The first-order valence-corrected chi connectivity index (χ1v) is 7.06. The SMILES string of the molecule is Cc1cc(Br)ccc1NC(=O)Nc1ccc(C(F)(F)F)cc1. The quantitative estimate of drug-likeness (QED) is 0.725. The number of benzene rings is 2. The molecule has 0 radical (unpaired) electrons. The number of urea groups is 1. The minimum absolute atomic E-state index is 0.278. The fraction of sp³-hybridized carbons (Fsp3) is 0.133. The Balaban J connectivity index is 2.03. The van der Waals surface area contributed by atoms with E-state index in [1.54, 1.807) is 12.1 Å². The van der Waals surface area contributed by atoms with Gasteiger partial charge in [0.05, 0.1) is 5.56 Å². The van der Waals surface area contributed by atoms with Crippen LogP contribution in [0.5, 0.6) is 0 Å².